The van der Waals surface area contributed by atoms with Gasteiger partial charge in [-0.25, -0.2) is 14.8 Å². The molecule has 0 bridgehead atoms. The van der Waals surface area contributed by atoms with Crippen LogP contribution in [0.15, 0.2) is 42.7 Å². The topological polar surface area (TPSA) is 113 Å². The predicted octanol–water partition coefficient (Wildman–Crippen LogP) is 2.08. The van der Waals surface area contributed by atoms with Crippen molar-refractivity contribution in [3.05, 3.63) is 48.3 Å². The first-order valence-electron chi connectivity index (χ1n) is 7.76. The van der Waals surface area contributed by atoms with E-state index in [1.807, 2.05) is 30.3 Å². The number of rotatable bonds is 8. The number of nitrogens with one attached hydrogen (secondary N) is 2. The van der Waals surface area contributed by atoms with Crippen LogP contribution in [0.4, 0.5) is 10.7 Å². The molecule has 0 aliphatic carbocycles. The van der Waals surface area contributed by atoms with Gasteiger partial charge in [0, 0.05) is 12.5 Å². The van der Waals surface area contributed by atoms with E-state index < -0.39 is 12.0 Å². The largest absolute Gasteiger partial charge is 0.494 e. The normalized spacial score (nSPS) is 11.4. The minimum absolute atomic E-state index is 0.0309. The SMILES string of the molecule is COc1cnc(NC(=O)NC(CCC(=O)O)Cc2ccccc2)nc1. The molecule has 0 aliphatic heterocycles. The van der Waals surface area contributed by atoms with E-state index in [0.717, 1.165) is 5.56 Å². The average Bonchev–Trinajstić information content (AvgIpc) is 2.61. The molecule has 2 aromatic rings. The van der Waals surface area contributed by atoms with E-state index in [1.165, 1.54) is 19.5 Å². The zero-order valence-corrected chi connectivity index (χ0v) is 13.8. The van der Waals surface area contributed by atoms with Crippen LogP contribution in [0.25, 0.3) is 0 Å². The van der Waals surface area contributed by atoms with Gasteiger partial charge in [0.25, 0.3) is 0 Å². The molecule has 1 heterocycles. The molecular formula is C17H20N4O4. The van der Waals surface area contributed by atoms with Gasteiger partial charge in [0.15, 0.2) is 5.75 Å². The minimum Gasteiger partial charge on any atom is -0.494 e. The van der Waals surface area contributed by atoms with Crippen LogP contribution >= 0.6 is 0 Å². The van der Waals surface area contributed by atoms with Gasteiger partial charge in [0.05, 0.1) is 19.5 Å². The molecule has 2 rings (SSSR count). The Hall–Kier alpha value is -3.16. The second-order valence-electron chi connectivity index (χ2n) is 5.36. The van der Waals surface area contributed by atoms with Crippen molar-refractivity contribution in [1.29, 1.82) is 0 Å². The van der Waals surface area contributed by atoms with Crippen molar-refractivity contribution in [2.24, 2.45) is 0 Å². The van der Waals surface area contributed by atoms with Crippen LogP contribution in [-0.2, 0) is 11.2 Å². The molecule has 8 nitrogen and oxygen atoms in total. The van der Waals surface area contributed by atoms with Gasteiger partial charge in [-0.2, -0.15) is 0 Å². The molecule has 0 aliphatic rings. The highest BCUT2D eigenvalue weighted by molar-refractivity contribution is 5.87. The van der Waals surface area contributed by atoms with Crippen molar-refractivity contribution in [3.63, 3.8) is 0 Å². The van der Waals surface area contributed by atoms with Crippen molar-refractivity contribution in [3.8, 4) is 5.75 Å². The summed E-state index contributed by atoms with van der Waals surface area (Å²) in [5.41, 5.74) is 1.01. The number of amides is 2. The van der Waals surface area contributed by atoms with Gasteiger partial charge < -0.3 is 15.2 Å². The lowest BCUT2D eigenvalue weighted by molar-refractivity contribution is -0.137. The van der Waals surface area contributed by atoms with Gasteiger partial charge in [0.1, 0.15) is 0 Å². The molecule has 0 spiro atoms. The summed E-state index contributed by atoms with van der Waals surface area (Å²) in [5, 5.41) is 14.2. The summed E-state index contributed by atoms with van der Waals surface area (Å²) >= 11 is 0. The molecule has 8 heteroatoms. The molecule has 1 atom stereocenters. The lowest BCUT2D eigenvalue weighted by Gasteiger charge is -2.18. The number of urea groups is 1. The number of hydrogen-bond donors (Lipinski definition) is 3. The standard InChI is InChI=1S/C17H20N4O4/c1-25-14-10-18-16(19-11-14)21-17(24)20-13(7-8-15(22)23)9-12-5-3-2-4-6-12/h2-6,10-11,13H,7-9H2,1H3,(H,22,23)(H2,18,19,20,21,24). The summed E-state index contributed by atoms with van der Waals surface area (Å²) in [6.07, 6.45) is 3.70. The van der Waals surface area contributed by atoms with E-state index >= 15 is 0 Å². The van der Waals surface area contributed by atoms with Crippen molar-refractivity contribution in [2.45, 2.75) is 25.3 Å². The van der Waals surface area contributed by atoms with E-state index in [1.54, 1.807) is 0 Å². The summed E-state index contributed by atoms with van der Waals surface area (Å²) in [6.45, 7) is 0. The van der Waals surface area contributed by atoms with Gasteiger partial charge in [-0.3, -0.25) is 10.1 Å². The quantitative estimate of drug-likeness (QED) is 0.676. The van der Waals surface area contributed by atoms with E-state index in [9.17, 15) is 9.59 Å². The Morgan fingerprint density at radius 3 is 2.48 bits per heavy atom. The van der Waals surface area contributed by atoms with Crippen molar-refractivity contribution >= 4 is 17.9 Å². The average molecular weight is 344 g/mol. The first-order valence-corrected chi connectivity index (χ1v) is 7.76. The zero-order chi connectivity index (χ0) is 18.1. The second-order valence-corrected chi connectivity index (χ2v) is 5.36. The summed E-state index contributed by atoms with van der Waals surface area (Å²) in [7, 11) is 1.50. The highest BCUT2D eigenvalue weighted by atomic mass is 16.5. The first-order chi connectivity index (χ1) is 12.1. The molecule has 1 unspecified atom stereocenters. The second kappa shape index (κ2) is 9.21. The Morgan fingerprint density at radius 2 is 1.88 bits per heavy atom. The fourth-order valence-electron chi connectivity index (χ4n) is 2.23. The Labute approximate surface area is 145 Å². The van der Waals surface area contributed by atoms with Crippen LogP contribution in [0.5, 0.6) is 5.75 Å². The number of carboxylic acids is 1. The van der Waals surface area contributed by atoms with Crippen LogP contribution in [0, 0.1) is 0 Å². The predicted molar refractivity (Wildman–Crippen MR) is 91.5 cm³/mol. The van der Waals surface area contributed by atoms with E-state index in [-0.39, 0.29) is 18.4 Å². The minimum atomic E-state index is -0.904. The molecule has 1 aromatic heterocycles. The number of hydrogen-bond acceptors (Lipinski definition) is 5. The first kappa shape index (κ1) is 18.2. The number of methoxy groups -OCH3 is 1. The highest BCUT2D eigenvalue weighted by Crippen LogP contribution is 2.10. The number of carbonyl (C=O) groups excluding carboxylic acids is 1. The number of aromatic nitrogens is 2. The number of anilines is 1. The maximum absolute atomic E-state index is 12.1. The van der Waals surface area contributed by atoms with Crippen LogP contribution < -0.4 is 15.4 Å². The fourth-order valence-corrected chi connectivity index (χ4v) is 2.23. The highest BCUT2D eigenvalue weighted by Gasteiger charge is 2.15. The molecule has 132 valence electrons. The molecule has 25 heavy (non-hydrogen) atoms. The molecule has 0 radical (unpaired) electrons. The number of carboxylic acid groups (broad SMARTS) is 1. The lowest BCUT2D eigenvalue weighted by atomic mass is 10.0. The number of nitrogens with zero attached hydrogens (tertiary/aromatic N) is 2. The van der Waals surface area contributed by atoms with Gasteiger partial charge in [-0.15, -0.1) is 0 Å². The summed E-state index contributed by atoms with van der Waals surface area (Å²) in [6, 6.07) is 8.74. The van der Waals surface area contributed by atoms with Crippen LogP contribution in [-0.4, -0.2) is 40.2 Å². The van der Waals surface area contributed by atoms with E-state index in [2.05, 4.69) is 20.6 Å². The van der Waals surface area contributed by atoms with Crippen LogP contribution in [0.3, 0.4) is 0 Å². The molecule has 0 fully saturated rings. The van der Waals surface area contributed by atoms with Gasteiger partial charge in [-0.1, -0.05) is 30.3 Å². The molecule has 0 saturated carbocycles. The summed E-state index contributed by atoms with van der Waals surface area (Å²) in [5.74, 6) is -0.289. The summed E-state index contributed by atoms with van der Waals surface area (Å²) < 4.78 is 4.95. The lowest BCUT2D eigenvalue weighted by Crippen LogP contribution is -2.40. The van der Waals surface area contributed by atoms with Crippen LogP contribution in [0.2, 0.25) is 0 Å². The smallest absolute Gasteiger partial charge is 0.321 e. The molecular weight excluding hydrogens is 324 g/mol. The third-order valence-electron chi connectivity index (χ3n) is 3.46. The van der Waals surface area contributed by atoms with Crippen LogP contribution in [0.1, 0.15) is 18.4 Å². The van der Waals surface area contributed by atoms with E-state index in [4.69, 9.17) is 9.84 Å². The summed E-state index contributed by atoms with van der Waals surface area (Å²) in [4.78, 5) is 30.9. The maximum atomic E-state index is 12.1. The van der Waals surface area contributed by atoms with Crippen molar-refractivity contribution in [2.75, 3.05) is 12.4 Å². The molecule has 1 aromatic carbocycles. The molecule has 0 saturated heterocycles. The van der Waals surface area contributed by atoms with E-state index in [0.29, 0.717) is 18.6 Å². The van der Waals surface area contributed by atoms with Gasteiger partial charge in [0.2, 0.25) is 5.95 Å². The Balaban J connectivity index is 1.95. The number of benzene rings is 1. The Morgan fingerprint density at radius 1 is 1.20 bits per heavy atom. The third-order valence-corrected chi connectivity index (χ3v) is 3.46. The number of aliphatic carboxylic acids is 1. The van der Waals surface area contributed by atoms with Crippen molar-refractivity contribution in [1.82, 2.24) is 15.3 Å². The van der Waals surface area contributed by atoms with Gasteiger partial charge >= 0.3 is 12.0 Å². The van der Waals surface area contributed by atoms with Crippen molar-refractivity contribution < 1.29 is 19.4 Å². The zero-order valence-electron chi connectivity index (χ0n) is 13.8. The molecule has 3 N–H and O–H groups in total. The Bertz CT molecular complexity index is 692. The van der Waals surface area contributed by atoms with Gasteiger partial charge in [-0.05, 0) is 18.4 Å². The monoisotopic (exact) mass is 344 g/mol. The maximum Gasteiger partial charge on any atom is 0.321 e. The Kier molecular flexibility index (Phi) is 6.70. The number of ether oxygens (including phenoxy) is 1. The third kappa shape index (κ3) is 6.46. The fraction of sp³-hybridized carbons (Fsp3) is 0.294. The number of carbonyl (C=O) groups is 2. The molecule has 2 amide bonds.